The van der Waals surface area contributed by atoms with Crippen LogP contribution in [0.5, 0.6) is 0 Å². The van der Waals surface area contributed by atoms with E-state index in [1.807, 2.05) is 0 Å². The number of benzene rings is 2. The van der Waals surface area contributed by atoms with E-state index in [1.165, 1.54) is 35.2 Å². The summed E-state index contributed by atoms with van der Waals surface area (Å²) >= 11 is 1.06. The number of carbonyl (C=O) groups is 1. The molecule has 10 heteroatoms. The number of thioether (sulfide) groups is 1. The number of non-ortho nitro benzene ring substituents is 1. The Kier molecular flexibility index (Phi) is 5.99. The van der Waals surface area contributed by atoms with E-state index in [9.17, 15) is 19.3 Å². The standard InChI is InChI=1S/C18H15FN4O4S/c1-22(10-12-4-2-6-14(19)8-12)16(24)11-28-18-21-20-17(27-18)13-5-3-7-15(9-13)23(25)26/h2-9H,10-11H2,1H3. The van der Waals surface area contributed by atoms with Gasteiger partial charge >= 0.3 is 0 Å². The first kappa shape index (κ1) is 19.5. The Morgan fingerprint density at radius 1 is 1.25 bits per heavy atom. The number of nitro groups is 1. The Labute approximate surface area is 163 Å². The first-order valence-corrected chi connectivity index (χ1v) is 9.10. The van der Waals surface area contributed by atoms with Crippen molar-refractivity contribution >= 4 is 23.4 Å². The van der Waals surface area contributed by atoms with Crippen LogP contribution >= 0.6 is 11.8 Å². The van der Waals surface area contributed by atoms with Crippen LogP contribution in [0.15, 0.2) is 58.2 Å². The van der Waals surface area contributed by atoms with E-state index in [2.05, 4.69) is 10.2 Å². The van der Waals surface area contributed by atoms with Crippen molar-refractivity contribution in [2.24, 2.45) is 0 Å². The van der Waals surface area contributed by atoms with Crippen molar-refractivity contribution in [3.63, 3.8) is 0 Å². The van der Waals surface area contributed by atoms with Gasteiger partial charge in [-0.25, -0.2) is 4.39 Å². The van der Waals surface area contributed by atoms with Gasteiger partial charge in [-0.05, 0) is 23.8 Å². The zero-order valence-corrected chi connectivity index (χ0v) is 15.6. The highest BCUT2D eigenvalue weighted by Crippen LogP contribution is 2.26. The smallest absolute Gasteiger partial charge is 0.277 e. The lowest BCUT2D eigenvalue weighted by Gasteiger charge is -2.16. The lowest BCUT2D eigenvalue weighted by molar-refractivity contribution is -0.384. The van der Waals surface area contributed by atoms with Gasteiger partial charge in [-0.1, -0.05) is 30.0 Å². The first-order chi connectivity index (χ1) is 13.4. The summed E-state index contributed by atoms with van der Waals surface area (Å²) < 4.78 is 18.7. The molecule has 28 heavy (non-hydrogen) atoms. The van der Waals surface area contributed by atoms with Crippen LogP contribution < -0.4 is 0 Å². The maximum Gasteiger partial charge on any atom is 0.277 e. The maximum atomic E-state index is 13.2. The molecule has 3 aromatic rings. The van der Waals surface area contributed by atoms with Gasteiger partial charge in [0.05, 0.1) is 10.7 Å². The summed E-state index contributed by atoms with van der Waals surface area (Å²) in [5, 5.41) is 18.7. The highest BCUT2D eigenvalue weighted by molar-refractivity contribution is 7.99. The topological polar surface area (TPSA) is 102 Å². The van der Waals surface area contributed by atoms with Gasteiger partial charge in [-0.3, -0.25) is 14.9 Å². The predicted octanol–water partition coefficient (Wildman–Crippen LogP) is 3.53. The number of hydrogen-bond donors (Lipinski definition) is 0. The molecule has 3 rings (SSSR count). The number of rotatable bonds is 7. The molecule has 2 aromatic carbocycles. The van der Waals surface area contributed by atoms with Gasteiger partial charge in [-0.15, -0.1) is 10.2 Å². The number of amides is 1. The molecule has 8 nitrogen and oxygen atoms in total. The van der Waals surface area contributed by atoms with Gasteiger partial charge in [0.25, 0.3) is 10.9 Å². The molecular weight excluding hydrogens is 387 g/mol. The van der Waals surface area contributed by atoms with Crippen LogP contribution in [0.3, 0.4) is 0 Å². The van der Waals surface area contributed by atoms with E-state index in [0.29, 0.717) is 11.1 Å². The number of nitrogens with zero attached hydrogens (tertiary/aromatic N) is 4. The Morgan fingerprint density at radius 2 is 2.04 bits per heavy atom. The minimum absolute atomic E-state index is 0.0579. The molecule has 0 unspecified atom stereocenters. The fourth-order valence-electron chi connectivity index (χ4n) is 2.37. The zero-order chi connectivity index (χ0) is 20.1. The molecular formula is C18H15FN4O4S. The van der Waals surface area contributed by atoms with Crippen LogP contribution in [0.1, 0.15) is 5.56 Å². The van der Waals surface area contributed by atoms with Crippen molar-refractivity contribution in [1.29, 1.82) is 0 Å². The molecule has 0 aliphatic rings. The van der Waals surface area contributed by atoms with E-state index >= 15 is 0 Å². The summed E-state index contributed by atoms with van der Waals surface area (Å²) in [6, 6.07) is 11.9. The Balaban J connectivity index is 1.58. The summed E-state index contributed by atoms with van der Waals surface area (Å²) in [5.74, 6) is -0.356. The average molecular weight is 402 g/mol. The predicted molar refractivity (Wildman–Crippen MR) is 100.0 cm³/mol. The molecule has 0 bridgehead atoms. The Hall–Kier alpha value is -3.27. The Morgan fingerprint density at radius 3 is 2.79 bits per heavy atom. The highest BCUT2D eigenvalue weighted by Gasteiger charge is 2.16. The SMILES string of the molecule is CN(Cc1cccc(F)c1)C(=O)CSc1nnc(-c2cccc([N+](=O)[O-])c2)o1. The molecule has 0 atom stereocenters. The third-order valence-electron chi connectivity index (χ3n) is 3.76. The second kappa shape index (κ2) is 8.61. The summed E-state index contributed by atoms with van der Waals surface area (Å²) in [6.07, 6.45) is 0. The summed E-state index contributed by atoms with van der Waals surface area (Å²) in [5.41, 5.74) is 1.02. The molecule has 0 fully saturated rings. The van der Waals surface area contributed by atoms with Crippen LogP contribution in [0.4, 0.5) is 10.1 Å². The van der Waals surface area contributed by atoms with Gasteiger partial charge in [-0.2, -0.15) is 0 Å². The van der Waals surface area contributed by atoms with Crippen molar-refractivity contribution in [1.82, 2.24) is 15.1 Å². The van der Waals surface area contributed by atoms with Crippen molar-refractivity contribution < 1.29 is 18.5 Å². The largest absolute Gasteiger partial charge is 0.411 e. The van der Waals surface area contributed by atoms with E-state index < -0.39 is 4.92 Å². The van der Waals surface area contributed by atoms with Gasteiger partial charge in [0, 0.05) is 31.3 Å². The molecule has 0 radical (unpaired) electrons. The maximum absolute atomic E-state index is 13.2. The Bertz CT molecular complexity index is 1010. The van der Waals surface area contributed by atoms with Crippen LogP contribution in [0, 0.1) is 15.9 Å². The van der Waals surface area contributed by atoms with Crippen LogP contribution in [0.2, 0.25) is 0 Å². The minimum Gasteiger partial charge on any atom is -0.411 e. The first-order valence-electron chi connectivity index (χ1n) is 8.12. The number of aromatic nitrogens is 2. The molecule has 1 heterocycles. The summed E-state index contributed by atoms with van der Waals surface area (Å²) in [7, 11) is 1.62. The molecule has 1 aromatic heterocycles. The minimum atomic E-state index is -0.511. The van der Waals surface area contributed by atoms with Gasteiger partial charge in [0.2, 0.25) is 11.8 Å². The fraction of sp³-hybridized carbons (Fsp3) is 0.167. The molecule has 1 amide bonds. The van der Waals surface area contributed by atoms with E-state index in [4.69, 9.17) is 4.42 Å². The van der Waals surface area contributed by atoms with Crippen molar-refractivity contribution in [2.75, 3.05) is 12.8 Å². The number of carbonyl (C=O) groups excluding carboxylic acids is 1. The van der Waals surface area contributed by atoms with Crippen LogP contribution in [0.25, 0.3) is 11.5 Å². The average Bonchev–Trinajstić information content (AvgIpc) is 3.15. The van der Waals surface area contributed by atoms with Crippen molar-refractivity contribution in [2.45, 2.75) is 11.8 Å². The quantitative estimate of drug-likeness (QED) is 0.338. The van der Waals surface area contributed by atoms with E-state index in [-0.39, 0.29) is 40.8 Å². The van der Waals surface area contributed by atoms with E-state index in [1.54, 1.807) is 25.2 Å². The second-order valence-corrected chi connectivity index (χ2v) is 6.78. The molecule has 0 N–H and O–H groups in total. The molecule has 0 saturated carbocycles. The van der Waals surface area contributed by atoms with Gasteiger partial charge in [0.1, 0.15) is 5.82 Å². The van der Waals surface area contributed by atoms with Crippen LogP contribution in [-0.2, 0) is 11.3 Å². The number of hydrogen-bond acceptors (Lipinski definition) is 7. The monoisotopic (exact) mass is 402 g/mol. The van der Waals surface area contributed by atoms with Gasteiger partial charge in [0.15, 0.2) is 0 Å². The second-order valence-electron chi connectivity index (χ2n) is 5.85. The van der Waals surface area contributed by atoms with Gasteiger partial charge < -0.3 is 9.32 Å². The zero-order valence-electron chi connectivity index (χ0n) is 14.7. The summed E-state index contributed by atoms with van der Waals surface area (Å²) in [6.45, 7) is 0.278. The van der Waals surface area contributed by atoms with E-state index in [0.717, 1.165) is 11.8 Å². The van der Waals surface area contributed by atoms with Crippen molar-refractivity contribution in [3.05, 3.63) is 70.0 Å². The molecule has 0 spiro atoms. The van der Waals surface area contributed by atoms with Crippen molar-refractivity contribution in [3.8, 4) is 11.5 Å². The summed E-state index contributed by atoms with van der Waals surface area (Å²) in [4.78, 5) is 24.1. The lowest BCUT2D eigenvalue weighted by atomic mass is 10.2. The highest BCUT2D eigenvalue weighted by atomic mass is 32.2. The molecule has 0 saturated heterocycles. The molecule has 0 aliphatic heterocycles. The number of nitro benzene ring substituents is 1. The lowest BCUT2D eigenvalue weighted by Crippen LogP contribution is -2.27. The molecule has 144 valence electrons. The fourth-order valence-corrected chi connectivity index (χ4v) is 3.07. The third kappa shape index (κ3) is 4.92. The van der Waals surface area contributed by atoms with Crippen LogP contribution in [-0.4, -0.2) is 38.7 Å². The molecule has 0 aliphatic carbocycles. The number of halogens is 1. The normalized spacial score (nSPS) is 10.6. The third-order valence-corrected chi connectivity index (χ3v) is 4.57.